The van der Waals surface area contributed by atoms with E-state index in [1.807, 2.05) is 36.4 Å². The fourth-order valence-electron chi connectivity index (χ4n) is 1.67. The number of nitrogens with one attached hydrogen (secondary N) is 1. The van der Waals surface area contributed by atoms with Gasteiger partial charge in [-0.15, -0.1) is 12.6 Å². The minimum atomic E-state index is -0.105. The van der Waals surface area contributed by atoms with E-state index in [9.17, 15) is 4.79 Å². The summed E-state index contributed by atoms with van der Waals surface area (Å²) in [6, 6.07) is 14.7. The molecule has 0 spiro atoms. The first kappa shape index (κ1) is 13.5. The first-order valence-corrected chi connectivity index (χ1v) is 6.34. The summed E-state index contributed by atoms with van der Waals surface area (Å²) in [4.78, 5) is 12.7. The Morgan fingerprint density at radius 2 is 1.95 bits per heavy atom. The van der Waals surface area contributed by atoms with Crippen molar-refractivity contribution in [1.82, 2.24) is 5.32 Å². The predicted molar refractivity (Wildman–Crippen MR) is 77.9 cm³/mol. The maximum absolute atomic E-state index is 11.9. The van der Waals surface area contributed by atoms with Crippen molar-refractivity contribution in [2.24, 2.45) is 0 Å². The summed E-state index contributed by atoms with van der Waals surface area (Å²) >= 11 is 4.21. The first-order chi connectivity index (χ1) is 9.19. The third-order valence-corrected chi connectivity index (χ3v) is 3.00. The zero-order valence-electron chi connectivity index (χ0n) is 10.6. The maximum atomic E-state index is 11.9. The lowest BCUT2D eigenvalue weighted by molar-refractivity contribution is 0.0950. The molecule has 1 N–H and O–H groups in total. The molecular formula is C15H15NO2S. The van der Waals surface area contributed by atoms with Crippen LogP contribution in [0.5, 0.6) is 5.75 Å². The highest BCUT2D eigenvalue weighted by atomic mass is 32.1. The summed E-state index contributed by atoms with van der Waals surface area (Å²) in [6.07, 6.45) is 0. The fourth-order valence-corrected chi connectivity index (χ4v) is 1.90. The van der Waals surface area contributed by atoms with E-state index in [1.54, 1.807) is 19.2 Å². The molecule has 2 rings (SSSR count). The number of thiol groups is 1. The minimum Gasteiger partial charge on any atom is -0.497 e. The van der Waals surface area contributed by atoms with Gasteiger partial charge in [0.05, 0.1) is 7.11 Å². The van der Waals surface area contributed by atoms with Gasteiger partial charge in [0.2, 0.25) is 0 Å². The largest absolute Gasteiger partial charge is 0.497 e. The van der Waals surface area contributed by atoms with Crippen LogP contribution in [-0.4, -0.2) is 13.0 Å². The van der Waals surface area contributed by atoms with Crippen LogP contribution in [0.2, 0.25) is 0 Å². The Labute approximate surface area is 118 Å². The zero-order valence-corrected chi connectivity index (χ0v) is 11.5. The smallest absolute Gasteiger partial charge is 0.251 e. The normalized spacial score (nSPS) is 10.0. The second-order valence-electron chi connectivity index (χ2n) is 4.08. The maximum Gasteiger partial charge on any atom is 0.251 e. The van der Waals surface area contributed by atoms with E-state index >= 15 is 0 Å². The van der Waals surface area contributed by atoms with Crippen molar-refractivity contribution in [2.45, 2.75) is 11.4 Å². The van der Waals surface area contributed by atoms with Crippen LogP contribution >= 0.6 is 12.6 Å². The van der Waals surface area contributed by atoms with Gasteiger partial charge in [0, 0.05) is 17.0 Å². The van der Waals surface area contributed by atoms with Crippen LogP contribution in [0.1, 0.15) is 15.9 Å². The van der Waals surface area contributed by atoms with E-state index in [2.05, 4.69) is 17.9 Å². The second kappa shape index (κ2) is 6.29. The summed E-state index contributed by atoms with van der Waals surface area (Å²) < 4.78 is 5.08. The highest BCUT2D eigenvalue weighted by Crippen LogP contribution is 2.12. The summed E-state index contributed by atoms with van der Waals surface area (Å²) in [5.41, 5.74) is 1.64. The monoisotopic (exact) mass is 273 g/mol. The number of ether oxygens (including phenoxy) is 1. The van der Waals surface area contributed by atoms with Crippen molar-refractivity contribution in [2.75, 3.05) is 7.11 Å². The highest BCUT2D eigenvalue weighted by Gasteiger charge is 2.05. The molecule has 4 heteroatoms. The predicted octanol–water partition coefficient (Wildman–Crippen LogP) is 2.91. The lowest BCUT2D eigenvalue weighted by Crippen LogP contribution is -2.22. The second-order valence-corrected chi connectivity index (χ2v) is 4.60. The van der Waals surface area contributed by atoms with Gasteiger partial charge in [0.15, 0.2) is 0 Å². The number of hydrogen-bond donors (Lipinski definition) is 2. The van der Waals surface area contributed by atoms with E-state index in [0.717, 1.165) is 16.2 Å². The molecule has 0 unspecified atom stereocenters. The molecule has 0 saturated carbocycles. The third kappa shape index (κ3) is 3.76. The van der Waals surface area contributed by atoms with E-state index in [4.69, 9.17) is 4.74 Å². The number of rotatable bonds is 4. The molecule has 0 saturated heterocycles. The Hall–Kier alpha value is -1.94. The minimum absolute atomic E-state index is 0.105. The average molecular weight is 273 g/mol. The Kier molecular flexibility index (Phi) is 4.47. The molecule has 0 atom stereocenters. The van der Waals surface area contributed by atoms with Crippen molar-refractivity contribution in [1.29, 1.82) is 0 Å². The van der Waals surface area contributed by atoms with Crippen LogP contribution in [0, 0.1) is 0 Å². The quantitative estimate of drug-likeness (QED) is 0.841. The molecule has 2 aromatic carbocycles. The lowest BCUT2D eigenvalue weighted by atomic mass is 10.2. The molecule has 1 amide bonds. The Balaban J connectivity index is 1.96. The van der Waals surface area contributed by atoms with Crippen molar-refractivity contribution in [3.05, 3.63) is 59.7 Å². The van der Waals surface area contributed by atoms with Gasteiger partial charge in [-0.2, -0.15) is 0 Å². The number of amides is 1. The van der Waals surface area contributed by atoms with Crippen LogP contribution in [-0.2, 0) is 6.54 Å². The Morgan fingerprint density at radius 1 is 1.21 bits per heavy atom. The summed E-state index contributed by atoms with van der Waals surface area (Å²) in [5.74, 6) is 0.699. The summed E-state index contributed by atoms with van der Waals surface area (Å²) in [5, 5.41) is 2.87. The topological polar surface area (TPSA) is 38.3 Å². The molecule has 0 aliphatic rings. The van der Waals surface area contributed by atoms with Gasteiger partial charge in [-0.05, 0) is 35.9 Å². The van der Waals surface area contributed by atoms with Gasteiger partial charge in [-0.1, -0.05) is 18.2 Å². The summed E-state index contributed by atoms with van der Waals surface area (Å²) in [6.45, 7) is 0.486. The van der Waals surface area contributed by atoms with Crippen molar-refractivity contribution >= 4 is 18.5 Å². The molecule has 0 fully saturated rings. The van der Waals surface area contributed by atoms with Crippen molar-refractivity contribution in [3.8, 4) is 5.75 Å². The van der Waals surface area contributed by atoms with Crippen LogP contribution in [0.4, 0.5) is 0 Å². The molecule has 3 nitrogen and oxygen atoms in total. The molecule has 0 aliphatic carbocycles. The van der Waals surface area contributed by atoms with Gasteiger partial charge in [0.1, 0.15) is 5.75 Å². The van der Waals surface area contributed by atoms with Crippen LogP contribution in [0.3, 0.4) is 0 Å². The number of carbonyl (C=O) groups is 1. The van der Waals surface area contributed by atoms with Gasteiger partial charge < -0.3 is 10.1 Å². The average Bonchev–Trinajstić information content (AvgIpc) is 2.45. The molecule has 2 aromatic rings. The van der Waals surface area contributed by atoms with Crippen LogP contribution in [0.25, 0.3) is 0 Å². The van der Waals surface area contributed by atoms with E-state index in [0.29, 0.717) is 12.1 Å². The first-order valence-electron chi connectivity index (χ1n) is 5.89. The molecular weight excluding hydrogens is 258 g/mol. The third-order valence-electron chi connectivity index (χ3n) is 2.72. The molecule has 0 aliphatic heterocycles. The highest BCUT2D eigenvalue weighted by molar-refractivity contribution is 7.80. The van der Waals surface area contributed by atoms with E-state index in [1.165, 1.54) is 0 Å². The van der Waals surface area contributed by atoms with E-state index < -0.39 is 0 Å². The lowest BCUT2D eigenvalue weighted by Gasteiger charge is -2.06. The molecule has 0 bridgehead atoms. The van der Waals surface area contributed by atoms with Gasteiger partial charge in [0.25, 0.3) is 5.91 Å². The molecule has 0 heterocycles. The number of hydrogen-bond acceptors (Lipinski definition) is 3. The zero-order chi connectivity index (χ0) is 13.7. The fraction of sp³-hybridized carbons (Fsp3) is 0.133. The SMILES string of the molecule is COc1ccc(CNC(=O)c2cccc(S)c2)cc1. The van der Waals surface area contributed by atoms with Gasteiger partial charge in [-0.3, -0.25) is 4.79 Å². The Bertz CT molecular complexity index is 567. The standard InChI is InChI=1S/C15H15NO2S/c1-18-13-7-5-11(6-8-13)10-16-15(17)12-3-2-4-14(19)9-12/h2-9,19H,10H2,1H3,(H,16,17). The summed E-state index contributed by atoms with van der Waals surface area (Å²) in [7, 11) is 1.63. The van der Waals surface area contributed by atoms with Gasteiger partial charge >= 0.3 is 0 Å². The molecule has 0 aromatic heterocycles. The number of benzene rings is 2. The molecule has 0 radical (unpaired) electrons. The molecule has 19 heavy (non-hydrogen) atoms. The van der Waals surface area contributed by atoms with Crippen LogP contribution < -0.4 is 10.1 Å². The Morgan fingerprint density at radius 3 is 2.58 bits per heavy atom. The molecule has 98 valence electrons. The number of methoxy groups -OCH3 is 1. The van der Waals surface area contributed by atoms with Crippen molar-refractivity contribution < 1.29 is 9.53 Å². The van der Waals surface area contributed by atoms with Gasteiger partial charge in [-0.25, -0.2) is 0 Å². The van der Waals surface area contributed by atoms with Crippen LogP contribution in [0.15, 0.2) is 53.4 Å². The van der Waals surface area contributed by atoms with E-state index in [-0.39, 0.29) is 5.91 Å². The van der Waals surface area contributed by atoms with Crippen molar-refractivity contribution in [3.63, 3.8) is 0 Å². The number of carbonyl (C=O) groups excluding carboxylic acids is 1.